The monoisotopic (exact) mass is 393 g/mol. The maximum absolute atomic E-state index is 14.8. The minimum Gasteiger partial charge on any atom is -0.393 e. The Bertz CT molecular complexity index is 1200. The Morgan fingerprint density at radius 2 is 2.14 bits per heavy atom. The molecule has 1 atom stereocenters. The van der Waals surface area contributed by atoms with Gasteiger partial charge in [0.25, 0.3) is 0 Å². The SMILES string of the molecule is C/C(=N\OCCO)c1ccc2ncc(C(C)c3cc4cccnc4cc3F)n2n1. The van der Waals surface area contributed by atoms with E-state index in [1.165, 1.54) is 6.07 Å². The molecular formula is C21H20FN5O2. The fraction of sp³-hybridized carbons (Fsp3) is 0.238. The van der Waals surface area contributed by atoms with Crippen molar-refractivity contribution in [2.75, 3.05) is 13.2 Å². The van der Waals surface area contributed by atoms with Crippen LogP contribution in [0.5, 0.6) is 0 Å². The Balaban J connectivity index is 1.75. The third-order valence-electron chi connectivity index (χ3n) is 4.78. The molecule has 0 aliphatic heterocycles. The van der Waals surface area contributed by atoms with Crippen LogP contribution in [-0.4, -0.2) is 43.6 Å². The maximum Gasteiger partial charge on any atom is 0.153 e. The molecule has 4 rings (SSSR count). The molecule has 1 aromatic carbocycles. The molecule has 0 spiro atoms. The van der Waals surface area contributed by atoms with E-state index >= 15 is 0 Å². The number of aliphatic hydroxyl groups is 1. The predicted molar refractivity (Wildman–Crippen MR) is 107 cm³/mol. The van der Waals surface area contributed by atoms with E-state index in [0.29, 0.717) is 28.1 Å². The van der Waals surface area contributed by atoms with Gasteiger partial charge < -0.3 is 9.94 Å². The van der Waals surface area contributed by atoms with E-state index in [1.807, 2.05) is 31.2 Å². The summed E-state index contributed by atoms with van der Waals surface area (Å²) in [6.07, 6.45) is 3.35. The fourth-order valence-corrected chi connectivity index (χ4v) is 3.21. The predicted octanol–water partition coefficient (Wildman–Crippen LogP) is 3.30. The molecule has 1 N–H and O–H groups in total. The van der Waals surface area contributed by atoms with Gasteiger partial charge in [0.2, 0.25) is 0 Å². The van der Waals surface area contributed by atoms with Gasteiger partial charge in [-0.1, -0.05) is 18.1 Å². The number of aromatic nitrogens is 4. The number of benzene rings is 1. The molecule has 0 radical (unpaired) electrons. The van der Waals surface area contributed by atoms with Crippen molar-refractivity contribution in [1.82, 2.24) is 19.6 Å². The number of oxime groups is 1. The molecule has 3 aromatic heterocycles. The van der Waals surface area contributed by atoms with E-state index in [0.717, 1.165) is 11.1 Å². The van der Waals surface area contributed by atoms with Crippen LogP contribution in [0.15, 0.2) is 53.9 Å². The van der Waals surface area contributed by atoms with E-state index in [9.17, 15) is 4.39 Å². The van der Waals surface area contributed by atoms with Gasteiger partial charge in [0.05, 0.1) is 24.0 Å². The number of hydrogen-bond donors (Lipinski definition) is 1. The molecule has 7 nitrogen and oxygen atoms in total. The van der Waals surface area contributed by atoms with E-state index in [-0.39, 0.29) is 24.9 Å². The maximum atomic E-state index is 14.8. The molecule has 0 bridgehead atoms. The lowest BCUT2D eigenvalue weighted by molar-refractivity contribution is 0.0986. The summed E-state index contributed by atoms with van der Waals surface area (Å²) in [4.78, 5) is 13.6. The van der Waals surface area contributed by atoms with Gasteiger partial charge in [0, 0.05) is 23.6 Å². The molecular weight excluding hydrogens is 373 g/mol. The van der Waals surface area contributed by atoms with Crippen molar-refractivity contribution >= 4 is 22.3 Å². The fourth-order valence-electron chi connectivity index (χ4n) is 3.21. The molecule has 0 fully saturated rings. The lowest BCUT2D eigenvalue weighted by Crippen LogP contribution is -2.09. The zero-order chi connectivity index (χ0) is 20.4. The van der Waals surface area contributed by atoms with Gasteiger partial charge in [-0.2, -0.15) is 5.10 Å². The van der Waals surface area contributed by atoms with Gasteiger partial charge in [-0.15, -0.1) is 0 Å². The number of halogens is 1. The van der Waals surface area contributed by atoms with E-state index < -0.39 is 0 Å². The van der Waals surface area contributed by atoms with Crippen molar-refractivity contribution in [2.45, 2.75) is 19.8 Å². The van der Waals surface area contributed by atoms with Gasteiger partial charge in [0.1, 0.15) is 23.8 Å². The van der Waals surface area contributed by atoms with Crippen molar-refractivity contribution in [3.8, 4) is 0 Å². The summed E-state index contributed by atoms with van der Waals surface area (Å²) in [6, 6.07) is 10.6. The second kappa shape index (κ2) is 7.92. The topological polar surface area (TPSA) is 84.9 Å². The molecule has 3 heterocycles. The molecule has 0 aliphatic rings. The van der Waals surface area contributed by atoms with Crippen LogP contribution in [0.25, 0.3) is 16.6 Å². The van der Waals surface area contributed by atoms with E-state index in [4.69, 9.17) is 9.94 Å². The molecule has 0 aliphatic carbocycles. The van der Waals surface area contributed by atoms with Gasteiger partial charge >= 0.3 is 0 Å². The molecule has 4 aromatic rings. The average molecular weight is 393 g/mol. The Kier molecular flexibility index (Phi) is 5.18. The quantitative estimate of drug-likeness (QED) is 0.309. The van der Waals surface area contributed by atoms with E-state index in [2.05, 4.69) is 20.2 Å². The summed E-state index contributed by atoms with van der Waals surface area (Å²) < 4.78 is 16.5. The number of rotatable bonds is 6. The lowest BCUT2D eigenvalue weighted by atomic mass is 9.96. The second-order valence-electron chi connectivity index (χ2n) is 6.70. The highest BCUT2D eigenvalue weighted by Crippen LogP contribution is 2.29. The first kappa shape index (κ1) is 18.9. The molecule has 0 amide bonds. The first-order valence-electron chi connectivity index (χ1n) is 9.25. The first-order valence-corrected chi connectivity index (χ1v) is 9.25. The van der Waals surface area contributed by atoms with E-state index in [1.54, 1.807) is 29.9 Å². The summed E-state index contributed by atoms with van der Waals surface area (Å²) >= 11 is 0. The van der Waals surface area contributed by atoms with Crippen LogP contribution in [0.2, 0.25) is 0 Å². The van der Waals surface area contributed by atoms with Crippen molar-refractivity contribution in [3.63, 3.8) is 0 Å². The minimum absolute atomic E-state index is 0.112. The summed E-state index contributed by atoms with van der Waals surface area (Å²) in [5, 5.41) is 18.2. The third-order valence-corrected chi connectivity index (χ3v) is 4.78. The Morgan fingerprint density at radius 1 is 1.28 bits per heavy atom. The summed E-state index contributed by atoms with van der Waals surface area (Å²) in [6.45, 7) is 3.69. The zero-order valence-corrected chi connectivity index (χ0v) is 16.1. The number of imidazole rings is 1. The number of nitrogens with zero attached hydrogens (tertiary/aromatic N) is 5. The first-order chi connectivity index (χ1) is 14.1. The van der Waals surface area contributed by atoms with Crippen molar-refractivity contribution < 1.29 is 14.3 Å². The smallest absolute Gasteiger partial charge is 0.153 e. The Morgan fingerprint density at radius 3 is 2.97 bits per heavy atom. The third kappa shape index (κ3) is 3.66. The lowest BCUT2D eigenvalue weighted by Gasteiger charge is -2.14. The van der Waals surface area contributed by atoms with Gasteiger partial charge in [0.15, 0.2) is 5.65 Å². The number of pyridine rings is 1. The Hall–Kier alpha value is -3.39. The molecule has 148 valence electrons. The van der Waals surface area contributed by atoms with Crippen LogP contribution in [0, 0.1) is 5.82 Å². The van der Waals surface area contributed by atoms with Crippen molar-refractivity contribution in [3.05, 3.63) is 71.6 Å². The minimum atomic E-state index is -0.315. The van der Waals surface area contributed by atoms with Crippen LogP contribution in [0.1, 0.15) is 36.7 Å². The summed E-state index contributed by atoms with van der Waals surface area (Å²) in [5.74, 6) is -0.592. The normalized spacial score (nSPS) is 13.2. The molecule has 0 saturated carbocycles. The number of hydrogen-bond acceptors (Lipinski definition) is 6. The standard InChI is InChI=1S/C21H20FN5O2/c1-13(16-10-15-4-3-7-23-19(15)11-17(16)22)20-12-24-21-6-5-18(25-27(20)21)14(2)26-29-9-8-28/h3-7,10-13,28H,8-9H2,1-2H3/b26-14+. The van der Waals surface area contributed by atoms with Crippen LogP contribution in [0.3, 0.4) is 0 Å². The summed E-state index contributed by atoms with van der Waals surface area (Å²) in [7, 11) is 0. The molecule has 29 heavy (non-hydrogen) atoms. The average Bonchev–Trinajstić information content (AvgIpc) is 3.16. The zero-order valence-electron chi connectivity index (χ0n) is 16.1. The van der Waals surface area contributed by atoms with Gasteiger partial charge in [-0.3, -0.25) is 4.98 Å². The number of fused-ring (bicyclic) bond motifs is 2. The van der Waals surface area contributed by atoms with Crippen molar-refractivity contribution in [2.24, 2.45) is 5.16 Å². The van der Waals surface area contributed by atoms with Crippen LogP contribution >= 0.6 is 0 Å². The van der Waals surface area contributed by atoms with Crippen molar-refractivity contribution in [1.29, 1.82) is 0 Å². The molecule has 0 saturated heterocycles. The van der Waals surface area contributed by atoms with Gasteiger partial charge in [-0.25, -0.2) is 13.9 Å². The van der Waals surface area contributed by atoms with Gasteiger partial charge in [-0.05, 0) is 36.8 Å². The molecule has 8 heteroatoms. The van der Waals surface area contributed by atoms with Crippen LogP contribution in [0.4, 0.5) is 4.39 Å². The molecule has 1 unspecified atom stereocenters. The highest BCUT2D eigenvalue weighted by atomic mass is 19.1. The highest BCUT2D eigenvalue weighted by molar-refractivity contribution is 5.96. The second-order valence-corrected chi connectivity index (χ2v) is 6.70. The summed E-state index contributed by atoms with van der Waals surface area (Å²) in [5.41, 5.74) is 3.75. The highest BCUT2D eigenvalue weighted by Gasteiger charge is 2.19. The van der Waals surface area contributed by atoms with Crippen LogP contribution < -0.4 is 0 Å². The Labute approximate surface area is 166 Å². The largest absolute Gasteiger partial charge is 0.393 e. The number of aliphatic hydroxyl groups excluding tert-OH is 1. The van der Waals surface area contributed by atoms with Crippen LogP contribution in [-0.2, 0) is 4.84 Å².